The fourth-order valence-corrected chi connectivity index (χ4v) is 1.50. The second-order valence-corrected chi connectivity index (χ2v) is 3.02. The van der Waals surface area contributed by atoms with E-state index in [4.69, 9.17) is 4.74 Å². The molecule has 0 saturated carbocycles. The van der Waals surface area contributed by atoms with Crippen molar-refractivity contribution in [3.05, 3.63) is 42.2 Å². The summed E-state index contributed by atoms with van der Waals surface area (Å²) in [6.45, 7) is 3.41. The fourth-order valence-electron chi connectivity index (χ4n) is 1.50. The molecule has 0 atom stereocenters. The zero-order valence-electron chi connectivity index (χ0n) is 7.45. The van der Waals surface area contributed by atoms with Gasteiger partial charge in [0.15, 0.2) is 11.6 Å². The second kappa shape index (κ2) is 3.10. The smallest absolute Gasteiger partial charge is 0.171 e. The lowest BCUT2D eigenvalue weighted by atomic mass is 10.1. The molecule has 2 rings (SSSR count). The highest BCUT2D eigenvalue weighted by Crippen LogP contribution is 2.26. The number of carbonyl (C=O) groups excluding carboxylic acids is 2. The summed E-state index contributed by atoms with van der Waals surface area (Å²) in [7, 11) is 0. The van der Waals surface area contributed by atoms with Gasteiger partial charge < -0.3 is 4.74 Å². The number of ketones is 2. The highest BCUT2D eigenvalue weighted by Gasteiger charge is 2.27. The lowest BCUT2D eigenvalue weighted by Crippen LogP contribution is -1.91. The van der Waals surface area contributed by atoms with Crippen LogP contribution in [0.3, 0.4) is 0 Å². The first-order valence-corrected chi connectivity index (χ1v) is 4.20. The van der Waals surface area contributed by atoms with E-state index in [1.807, 2.05) is 0 Å². The Morgan fingerprint density at radius 3 is 2.64 bits per heavy atom. The molecule has 0 unspecified atom stereocenters. The minimum atomic E-state index is -0.139. The highest BCUT2D eigenvalue weighted by atomic mass is 16.5. The largest absolute Gasteiger partial charge is 0.466 e. The fraction of sp³-hybridized carbons (Fsp3) is 0.0909. The maximum atomic E-state index is 11.3. The van der Waals surface area contributed by atoms with E-state index >= 15 is 0 Å². The Kier molecular flexibility index (Phi) is 1.93. The molecule has 1 aliphatic carbocycles. The van der Waals surface area contributed by atoms with E-state index in [2.05, 4.69) is 6.58 Å². The van der Waals surface area contributed by atoms with E-state index < -0.39 is 0 Å². The van der Waals surface area contributed by atoms with Crippen LogP contribution in [0.15, 0.2) is 31.0 Å². The van der Waals surface area contributed by atoms with Gasteiger partial charge in [-0.15, -0.1) is 0 Å². The molecule has 0 N–H and O–H groups in total. The van der Waals surface area contributed by atoms with Gasteiger partial charge in [0.05, 0.1) is 12.7 Å². The molecule has 0 radical (unpaired) electrons. The number of benzene rings is 1. The zero-order chi connectivity index (χ0) is 10.1. The Balaban J connectivity index is 2.49. The molecule has 3 nitrogen and oxygen atoms in total. The Morgan fingerprint density at radius 1 is 1.21 bits per heavy atom. The summed E-state index contributed by atoms with van der Waals surface area (Å²) in [5, 5.41) is 0. The Morgan fingerprint density at radius 2 is 1.93 bits per heavy atom. The summed E-state index contributed by atoms with van der Waals surface area (Å²) >= 11 is 0. The molecule has 1 aromatic carbocycles. The Labute approximate surface area is 81.0 Å². The predicted molar refractivity (Wildman–Crippen MR) is 50.5 cm³/mol. The molecule has 1 aromatic rings. The van der Waals surface area contributed by atoms with E-state index in [-0.39, 0.29) is 18.0 Å². The van der Waals surface area contributed by atoms with Crippen molar-refractivity contribution in [1.82, 2.24) is 0 Å². The molecule has 0 bridgehead atoms. The number of fused-ring (bicyclic) bond motifs is 1. The van der Waals surface area contributed by atoms with Gasteiger partial charge in [0, 0.05) is 11.1 Å². The summed E-state index contributed by atoms with van der Waals surface area (Å²) in [5.41, 5.74) is 0.945. The predicted octanol–water partition coefficient (Wildman–Crippen LogP) is 1.98. The third-order valence-corrected chi connectivity index (χ3v) is 2.13. The molecular weight excluding hydrogens is 180 g/mol. The first-order chi connectivity index (χ1) is 6.72. The molecule has 1 aliphatic rings. The molecular formula is C11H8O3. The molecule has 3 heteroatoms. The van der Waals surface area contributed by atoms with Crippen molar-refractivity contribution in [1.29, 1.82) is 0 Å². The van der Waals surface area contributed by atoms with Crippen LogP contribution in [0.2, 0.25) is 0 Å². The monoisotopic (exact) mass is 188 g/mol. The average molecular weight is 188 g/mol. The van der Waals surface area contributed by atoms with Crippen LogP contribution < -0.4 is 4.74 Å². The van der Waals surface area contributed by atoms with Gasteiger partial charge in [-0.2, -0.15) is 0 Å². The number of rotatable bonds is 2. The quantitative estimate of drug-likeness (QED) is 0.526. The van der Waals surface area contributed by atoms with Crippen molar-refractivity contribution in [3.63, 3.8) is 0 Å². The summed E-state index contributed by atoms with van der Waals surface area (Å²) in [6.07, 6.45) is 1.26. The van der Waals surface area contributed by atoms with Crippen molar-refractivity contribution in [2.75, 3.05) is 0 Å². The van der Waals surface area contributed by atoms with Crippen molar-refractivity contribution >= 4 is 11.6 Å². The molecule has 0 saturated heterocycles. The topological polar surface area (TPSA) is 43.4 Å². The Hall–Kier alpha value is -1.90. The minimum absolute atomic E-state index is 0.0210. The molecule has 0 fully saturated rings. The van der Waals surface area contributed by atoms with E-state index in [9.17, 15) is 9.59 Å². The van der Waals surface area contributed by atoms with Gasteiger partial charge >= 0.3 is 0 Å². The Bertz CT molecular complexity index is 432. The van der Waals surface area contributed by atoms with Crippen molar-refractivity contribution in [3.8, 4) is 5.75 Å². The normalized spacial score (nSPS) is 14.0. The number of hydrogen-bond donors (Lipinski definition) is 0. The standard InChI is InChI=1S/C11H8O3/c1-2-14-7-3-4-8-9(5-7)11(13)6-10(8)12/h2-5H,1,6H2. The molecule has 0 amide bonds. The number of Topliss-reactive ketones (excluding diaryl/α,β-unsaturated/α-hetero) is 2. The van der Waals surface area contributed by atoms with E-state index in [0.717, 1.165) is 0 Å². The molecule has 70 valence electrons. The summed E-state index contributed by atoms with van der Waals surface area (Å²) < 4.78 is 5.02. The van der Waals surface area contributed by atoms with Crippen LogP contribution >= 0.6 is 0 Å². The van der Waals surface area contributed by atoms with Crippen molar-refractivity contribution < 1.29 is 14.3 Å². The summed E-state index contributed by atoms with van der Waals surface area (Å²) in [6, 6.07) is 4.84. The van der Waals surface area contributed by atoms with Crippen molar-refractivity contribution in [2.24, 2.45) is 0 Å². The SMILES string of the molecule is C=COc1ccc2c(c1)C(=O)CC2=O. The maximum absolute atomic E-state index is 11.3. The van der Waals surface area contributed by atoms with Gasteiger partial charge in [0.1, 0.15) is 5.75 Å². The highest BCUT2D eigenvalue weighted by molar-refractivity contribution is 6.24. The van der Waals surface area contributed by atoms with E-state index in [1.54, 1.807) is 18.2 Å². The van der Waals surface area contributed by atoms with Crippen LogP contribution in [0.1, 0.15) is 27.1 Å². The van der Waals surface area contributed by atoms with Crippen LogP contribution in [0.25, 0.3) is 0 Å². The number of ether oxygens (including phenoxy) is 1. The lowest BCUT2D eigenvalue weighted by molar-refractivity contribution is 0.0923. The maximum Gasteiger partial charge on any atom is 0.171 e. The third-order valence-electron chi connectivity index (χ3n) is 2.13. The minimum Gasteiger partial charge on any atom is -0.466 e. The lowest BCUT2D eigenvalue weighted by Gasteiger charge is -2.01. The first-order valence-electron chi connectivity index (χ1n) is 4.20. The second-order valence-electron chi connectivity index (χ2n) is 3.02. The molecule has 0 aromatic heterocycles. The van der Waals surface area contributed by atoms with Gasteiger partial charge in [0.2, 0.25) is 0 Å². The summed E-state index contributed by atoms with van der Waals surface area (Å²) in [5.74, 6) is 0.275. The van der Waals surface area contributed by atoms with Crippen molar-refractivity contribution in [2.45, 2.75) is 6.42 Å². The first kappa shape index (κ1) is 8.69. The molecule has 0 spiro atoms. The number of carbonyl (C=O) groups is 2. The number of hydrogen-bond acceptors (Lipinski definition) is 3. The van der Waals surface area contributed by atoms with Crippen LogP contribution in [-0.2, 0) is 0 Å². The van der Waals surface area contributed by atoms with Gasteiger partial charge in [0.25, 0.3) is 0 Å². The average Bonchev–Trinajstić information content (AvgIpc) is 2.43. The van der Waals surface area contributed by atoms with Gasteiger partial charge in [-0.1, -0.05) is 6.58 Å². The van der Waals surface area contributed by atoms with Gasteiger partial charge in [-0.05, 0) is 18.2 Å². The molecule has 0 heterocycles. The molecule has 14 heavy (non-hydrogen) atoms. The summed E-state index contributed by atoms with van der Waals surface area (Å²) in [4.78, 5) is 22.6. The molecule has 0 aliphatic heterocycles. The third kappa shape index (κ3) is 1.23. The van der Waals surface area contributed by atoms with E-state index in [1.165, 1.54) is 6.26 Å². The van der Waals surface area contributed by atoms with Crippen LogP contribution in [-0.4, -0.2) is 11.6 Å². The van der Waals surface area contributed by atoms with Crippen LogP contribution in [0.4, 0.5) is 0 Å². The zero-order valence-corrected chi connectivity index (χ0v) is 7.45. The van der Waals surface area contributed by atoms with Crippen LogP contribution in [0.5, 0.6) is 5.75 Å². The van der Waals surface area contributed by atoms with Gasteiger partial charge in [-0.3, -0.25) is 9.59 Å². The van der Waals surface area contributed by atoms with Crippen LogP contribution in [0, 0.1) is 0 Å². The van der Waals surface area contributed by atoms with E-state index in [0.29, 0.717) is 16.9 Å². The van der Waals surface area contributed by atoms with Gasteiger partial charge in [-0.25, -0.2) is 0 Å².